The molecule has 2 heterocycles. The average Bonchev–Trinajstić information content (AvgIpc) is 3.71. The lowest BCUT2D eigenvalue weighted by Crippen LogP contribution is -2.81. The van der Waals surface area contributed by atoms with Crippen LogP contribution < -0.4 is 14.2 Å². The van der Waals surface area contributed by atoms with E-state index >= 15 is 0 Å². The van der Waals surface area contributed by atoms with Gasteiger partial charge < -0.3 is 18.9 Å². The Kier molecular flexibility index (Phi) is 6.05. The van der Waals surface area contributed by atoms with E-state index in [-0.39, 0.29) is 22.9 Å². The van der Waals surface area contributed by atoms with E-state index in [1.807, 2.05) is 25.3 Å². The third-order valence-electron chi connectivity index (χ3n) is 11.8. The summed E-state index contributed by atoms with van der Waals surface area (Å²) in [6.45, 7) is 3.33. The first-order chi connectivity index (χ1) is 20.2. The molecule has 226 valence electrons. The molecule has 1 N–H and O–H groups in total. The van der Waals surface area contributed by atoms with Gasteiger partial charge in [-0.15, -0.1) is 0 Å². The highest BCUT2D eigenvalue weighted by Gasteiger charge is 2.80. The van der Waals surface area contributed by atoms with Crippen molar-refractivity contribution in [3.8, 4) is 11.5 Å². The third kappa shape index (κ3) is 3.72. The van der Waals surface area contributed by atoms with E-state index in [0.29, 0.717) is 24.9 Å². The van der Waals surface area contributed by atoms with Gasteiger partial charge in [0.05, 0.1) is 26.6 Å². The summed E-state index contributed by atoms with van der Waals surface area (Å²) in [5.41, 5.74) is 3.97. The molecule has 8 nitrogen and oxygen atoms in total. The first-order valence-electron chi connectivity index (χ1n) is 15.5. The molecular weight excluding hydrogens is 552 g/mol. The SMILES string of the molecule is COc1ccc2c3c1O[C@H]1[C@@]4(OC)CC[C@@]5(C[C@@H]4COCc4cccc(NS(C)(=O)=O)c4)[C@@H](C2)N(CC2CC2)CC[C@]315. The van der Waals surface area contributed by atoms with Gasteiger partial charge in [-0.3, -0.25) is 9.62 Å². The fraction of sp³-hybridized carbons (Fsp3) is 0.636. The van der Waals surface area contributed by atoms with Crippen molar-refractivity contribution in [2.24, 2.45) is 17.3 Å². The quantitative estimate of drug-likeness (QED) is 0.433. The van der Waals surface area contributed by atoms with Gasteiger partial charge >= 0.3 is 0 Å². The number of piperidine rings is 1. The molecule has 7 aliphatic rings. The van der Waals surface area contributed by atoms with Crippen LogP contribution in [-0.2, 0) is 37.9 Å². The topological polar surface area (TPSA) is 86.3 Å². The summed E-state index contributed by atoms with van der Waals surface area (Å²) in [5, 5.41) is 0. The summed E-state index contributed by atoms with van der Waals surface area (Å²) < 4.78 is 52.2. The molecule has 9 heteroatoms. The number of benzene rings is 2. The fourth-order valence-corrected chi connectivity index (χ4v) is 10.7. The van der Waals surface area contributed by atoms with E-state index in [1.165, 1.54) is 36.8 Å². The Bertz CT molecular complexity index is 1530. The monoisotopic (exact) mass is 594 g/mol. The van der Waals surface area contributed by atoms with E-state index in [9.17, 15) is 8.42 Å². The zero-order valence-corrected chi connectivity index (χ0v) is 25.7. The predicted octanol–water partition coefficient (Wildman–Crippen LogP) is 4.51. The van der Waals surface area contributed by atoms with Gasteiger partial charge in [0, 0.05) is 47.7 Å². The maximum absolute atomic E-state index is 11.7. The summed E-state index contributed by atoms with van der Waals surface area (Å²) in [5.74, 6) is 2.85. The van der Waals surface area contributed by atoms with Crippen LogP contribution in [0.25, 0.3) is 0 Å². The molecule has 5 aliphatic carbocycles. The molecule has 1 saturated heterocycles. The van der Waals surface area contributed by atoms with Crippen LogP contribution in [0.4, 0.5) is 5.69 Å². The van der Waals surface area contributed by atoms with Crippen molar-refractivity contribution in [3.05, 3.63) is 53.1 Å². The lowest BCUT2D eigenvalue weighted by Gasteiger charge is -2.74. The lowest BCUT2D eigenvalue weighted by atomic mass is 9.35. The minimum absolute atomic E-state index is 0.0639. The number of hydrogen-bond acceptors (Lipinski definition) is 7. The number of nitrogens with zero attached hydrogens (tertiary/aromatic N) is 1. The number of ether oxygens (including phenoxy) is 4. The van der Waals surface area contributed by atoms with Crippen LogP contribution in [0.15, 0.2) is 36.4 Å². The van der Waals surface area contributed by atoms with Crippen LogP contribution >= 0.6 is 0 Å². The van der Waals surface area contributed by atoms with Crippen LogP contribution in [-0.4, -0.2) is 71.2 Å². The van der Waals surface area contributed by atoms with Gasteiger partial charge in [-0.1, -0.05) is 18.2 Å². The van der Waals surface area contributed by atoms with E-state index in [1.54, 1.807) is 13.2 Å². The highest BCUT2D eigenvalue weighted by Crippen LogP contribution is 2.76. The molecule has 5 fully saturated rings. The smallest absolute Gasteiger partial charge is 0.229 e. The maximum Gasteiger partial charge on any atom is 0.229 e. The number of fused-ring (bicyclic) bond motifs is 2. The molecule has 2 aromatic carbocycles. The molecule has 2 aliphatic heterocycles. The van der Waals surface area contributed by atoms with Gasteiger partial charge in [-0.2, -0.15) is 0 Å². The van der Waals surface area contributed by atoms with Crippen molar-refractivity contribution >= 4 is 15.7 Å². The second-order valence-corrected chi connectivity index (χ2v) is 15.6. The molecule has 0 aromatic heterocycles. The average molecular weight is 595 g/mol. The zero-order valence-electron chi connectivity index (χ0n) is 24.9. The van der Waals surface area contributed by atoms with Gasteiger partial charge in [0.15, 0.2) is 11.5 Å². The predicted molar refractivity (Wildman–Crippen MR) is 160 cm³/mol. The lowest BCUT2D eigenvalue weighted by molar-refractivity contribution is -0.283. The molecule has 42 heavy (non-hydrogen) atoms. The normalized spacial score (nSPS) is 35.9. The molecule has 0 unspecified atom stereocenters. The minimum Gasteiger partial charge on any atom is -0.493 e. The fourth-order valence-electron chi connectivity index (χ4n) is 10.2. The maximum atomic E-state index is 11.7. The summed E-state index contributed by atoms with van der Waals surface area (Å²) in [4.78, 5) is 2.86. The number of rotatable bonds is 10. The number of sulfonamides is 1. The van der Waals surface area contributed by atoms with Gasteiger partial charge in [0.2, 0.25) is 10.0 Å². The highest BCUT2D eigenvalue weighted by atomic mass is 32.2. The summed E-state index contributed by atoms with van der Waals surface area (Å²) in [6, 6.07) is 12.4. The van der Waals surface area contributed by atoms with Gasteiger partial charge in [-0.05, 0) is 86.7 Å². The van der Waals surface area contributed by atoms with Crippen LogP contribution in [0.3, 0.4) is 0 Å². The molecule has 4 bridgehead atoms. The van der Waals surface area contributed by atoms with Gasteiger partial charge in [0.1, 0.15) is 11.7 Å². The molecule has 4 saturated carbocycles. The second kappa shape index (κ2) is 9.34. The number of likely N-dealkylation sites (tertiary alicyclic amines) is 1. The Morgan fingerprint density at radius 1 is 1.12 bits per heavy atom. The Hall–Kier alpha value is -2.33. The highest BCUT2D eigenvalue weighted by molar-refractivity contribution is 7.92. The largest absolute Gasteiger partial charge is 0.493 e. The zero-order chi connectivity index (χ0) is 28.9. The van der Waals surface area contributed by atoms with Crippen LogP contribution in [0.5, 0.6) is 11.5 Å². The van der Waals surface area contributed by atoms with Crippen molar-refractivity contribution in [1.82, 2.24) is 4.90 Å². The number of anilines is 1. The first-order valence-corrected chi connectivity index (χ1v) is 17.4. The van der Waals surface area contributed by atoms with E-state index < -0.39 is 15.6 Å². The third-order valence-corrected chi connectivity index (χ3v) is 12.4. The summed E-state index contributed by atoms with van der Waals surface area (Å²) in [7, 11) is 0.278. The second-order valence-electron chi connectivity index (χ2n) is 13.8. The van der Waals surface area contributed by atoms with Crippen molar-refractivity contribution in [3.63, 3.8) is 0 Å². The Labute approximate surface area is 249 Å². The van der Waals surface area contributed by atoms with Crippen molar-refractivity contribution in [2.75, 3.05) is 44.9 Å². The van der Waals surface area contributed by atoms with E-state index in [4.69, 9.17) is 18.9 Å². The molecule has 6 atom stereocenters. The molecule has 2 aromatic rings. The van der Waals surface area contributed by atoms with Gasteiger partial charge in [-0.25, -0.2) is 8.42 Å². The van der Waals surface area contributed by atoms with Crippen LogP contribution in [0.2, 0.25) is 0 Å². The van der Waals surface area contributed by atoms with Crippen LogP contribution in [0.1, 0.15) is 55.2 Å². The first kappa shape index (κ1) is 27.2. The molecule has 0 radical (unpaired) electrons. The number of hydrogen-bond donors (Lipinski definition) is 1. The standard InChI is InChI=1S/C33H42N2O6S/c1-38-26-10-9-23-16-27-31-11-12-33(39-2,24(17-31)20-40-19-22-5-4-6-25(15-22)34-42(3,36)37)30-32(31,28(23)29(26)41-30)13-14-35(27)18-21-7-8-21/h4-6,9-10,15,21,24,27,30,34H,7-8,11-14,16-20H2,1-3H3/t24-,27-,30-,31-,32+,33-/m1/s1. The van der Waals surface area contributed by atoms with Crippen LogP contribution in [0, 0.1) is 17.3 Å². The Balaban J connectivity index is 1.14. The van der Waals surface area contributed by atoms with E-state index in [0.717, 1.165) is 61.6 Å². The number of methoxy groups -OCH3 is 2. The molecular formula is C33H42N2O6S. The van der Waals surface area contributed by atoms with Crippen molar-refractivity contribution in [1.29, 1.82) is 0 Å². The Morgan fingerprint density at radius 2 is 1.98 bits per heavy atom. The molecule has 9 rings (SSSR count). The molecule has 0 amide bonds. The minimum atomic E-state index is -3.34. The van der Waals surface area contributed by atoms with Gasteiger partial charge in [0.25, 0.3) is 0 Å². The van der Waals surface area contributed by atoms with E-state index in [2.05, 4.69) is 21.8 Å². The number of nitrogens with one attached hydrogen (secondary N) is 1. The van der Waals surface area contributed by atoms with Crippen molar-refractivity contribution < 1.29 is 27.4 Å². The summed E-state index contributed by atoms with van der Waals surface area (Å²) >= 11 is 0. The van der Waals surface area contributed by atoms with Crippen molar-refractivity contribution in [2.45, 2.75) is 74.7 Å². The summed E-state index contributed by atoms with van der Waals surface area (Å²) in [6.07, 6.45) is 9.21. The Morgan fingerprint density at radius 3 is 2.74 bits per heavy atom. The molecule has 2 spiro atoms.